The maximum Gasteiger partial charge on any atom is 0.0780 e. The first-order chi connectivity index (χ1) is 5.39. The molecule has 0 amide bonds. The van der Waals surface area contributed by atoms with E-state index in [1.165, 1.54) is 0 Å². The van der Waals surface area contributed by atoms with Gasteiger partial charge >= 0.3 is 0 Å². The molecule has 0 aliphatic rings. The third-order valence-corrected chi connectivity index (χ3v) is 2.55. The van der Waals surface area contributed by atoms with Crippen LogP contribution in [0.2, 0.25) is 0 Å². The highest BCUT2D eigenvalue weighted by molar-refractivity contribution is 4.79. The molecule has 0 saturated heterocycles. The first-order valence-corrected chi connectivity index (χ1v) is 4.79. The summed E-state index contributed by atoms with van der Waals surface area (Å²) in [5.41, 5.74) is 5.45. The lowest BCUT2D eigenvalue weighted by Crippen LogP contribution is -2.43. The van der Waals surface area contributed by atoms with E-state index in [0.29, 0.717) is 6.54 Å². The van der Waals surface area contributed by atoms with Gasteiger partial charge in [0.1, 0.15) is 0 Å². The minimum Gasteiger partial charge on any atom is -0.368 e. The average molecular weight is 173 g/mol. The molecule has 0 bridgehead atoms. The second-order valence-corrected chi connectivity index (χ2v) is 4.22. The molecule has 12 heavy (non-hydrogen) atoms. The smallest absolute Gasteiger partial charge is 0.0780 e. The van der Waals surface area contributed by atoms with Crippen molar-refractivity contribution >= 4 is 0 Å². The predicted octanol–water partition coefficient (Wildman–Crippen LogP) is 2.32. The summed E-state index contributed by atoms with van der Waals surface area (Å²) in [6, 6.07) is 0. The molecule has 0 aliphatic carbocycles. The van der Waals surface area contributed by atoms with Crippen LogP contribution in [0.4, 0.5) is 0 Å². The van der Waals surface area contributed by atoms with Gasteiger partial charge in [-0.05, 0) is 33.6 Å². The summed E-state index contributed by atoms with van der Waals surface area (Å²) in [6.45, 7) is 11.1. The van der Waals surface area contributed by atoms with Crippen LogP contribution in [0.15, 0.2) is 0 Å². The van der Waals surface area contributed by atoms with E-state index in [-0.39, 0.29) is 11.2 Å². The van der Waals surface area contributed by atoms with Crippen molar-refractivity contribution in [2.24, 2.45) is 5.73 Å². The second-order valence-electron chi connectivity index (χ2n) is 4.22. The first kappa shape index (κ1) is 11.9. The van der Waals surface area contributed by atoms with Gasteiger partial charge in [-0.2, -0.15) is 0 Å². The van der Waals surface area contributed by atoms with Gasteiger partial charge in [-0.1, -0.05) is 13.8 Å². The Bertz CT molecular complexity index is 128. The molecule has 0 rings (SSSR count). The van der Waals surface area contributed by atoms with Gasteiger partial charge in [0.15, 0.2) is 0 Å². The van der Waals surface area contributed by atoms with Gasteiger partial charge in [-0.15, -0.1) is 0 Å². The van der Waals surface area contributed by atoms with E-state index >= 15 is 0 Å². The number of ether oxygens (including phenoxy) is 1. The van der Waals surface area contributed by atoms with Crippen molar-refractivity contribution in [3.05, 3.63) is 0 Å². The average Bonchev–Trinajstić information content (AvgIpc) is 2.04. The van der Waals surface area contributed by atoms with Crippen LogP contribution >= 0.6 is 0 Å². The van der Waals surface area contributed by atoms with E-state index in [1.807, 2.05) is 0 Å². The fourth-order valence-electron chi connectivity index (χ4n) is 0.997. The quantitative estimate of drug-likeness (QED) is 0.692. The molecule has 1 unspecified atom stereocenters. The van der Waals surface area contributed by atoms with Gasteiger partial charge in [0.2, 0.25) is 0 Å². The number of hydrogen-bond acceptors (Lipinski definition) is 2. The van der Waals surface area contributed by atoms with Crippen LogP contribution in [0, 0.1) is 0 Å². The van der Waals surface area contributed by atoms with E-state index in [9.17, 15) is 0 Å². The van der Waals surface area contributed by atoms with Crippen LogP contribution in [0.5, 0.6) is 0 Å². The first-order valence-electron chi connectivity index (χ1n) is 4.79. The largest absolute Gasteiger partial charge is 0.368 e. The third-order valence-electron chi connectivity index (χ3n) is 2.55. The fraction of sp³-hybridized carbons (Fsp3) is 1.00. The standard InChI is InChI=1S/C10H23NO/c1-6-9(3,4)12-10(5,7-2)8-11/h6-8,11H2,1-5H3. The van der Waals surface area contributed by atoms with Crippen LogP contribution in [-0.2, 0) is 4.74 Å². The molecule has 0 saturated carbocycles. The molecule has 74 valence electrons. The van der Waals surface area contributed by atoms with E-state index in [0.717, 1.165) is 12.8 Å². The Kier molecular flexibility index (Phi) is 4.21. The van der Waals surface area contributed by atoms with Crippen LogP contribution in [0.3, 0.4) is 0 Å². The van der Waals surface area contributed by atoms with Crippen molar-refractivity contribution in [3.8, 4) is 0 Å². The Morgan fingerprint density at radius 2 is 1.58 bits per heavy atom. The number of hydrogen-bond donors (Lipinski definition) is 1. The number of nitrogens with two attached hydrogens (primary N) is 1. The topological polar surface area (TPSA) is 35.2 Å². The molecule has 0 heterocycles. The monoisotopic (exact) mass is 173 g/mol. The lowest BCUT2D eigenvalue weighted by atomic mass is 9.99. The molecule has 0 aromatic carbocycles. The molecule has 2 heteroatoms. The molecule has 2 N–H and O–H groups in total. The Labute approximate surface area is 76.5 Å². The molecule has 0 aromatic rings. The summed E-state index contributed by atoms with van der Waals surface area (Å²) in [6.07, 6.45) is 1.98. The van der Waals surface area contributed by atoms with E-state index in [1.54, 1.807) is 0 Å². The molecule has 0 aromatic heterocycles. The highest BCUT2D eigenvalue weighted by atomic mass is 16.5. The van der Waals surface area contributed by atoms with Crippen molar-refractivity contribution < 1.29 is 4.74 Å². The van der Waals surface area contributed by atoms with Gasteiger partial charge in [-0.3, -0.25) is 0 Å². The molecular formula is C10H23NO. The minimum atomic E-state index is -0.153. The normalized spacial score (nSPS) is 17.5. The van der Waals surface area contributed by atoms with E-state index in [4.69, 9.17) is 10.5 Å². The van der Waals surface area contributed by atoms with Gasteiger partial charge < -0.3 is 10.5 Å². The maximum atomic E-state index is 5.95. The van der Waals surface area contributed by atoms with Crippen LogP contribution in [-0.4, -0.2) is 17.7 Å². The van der Waals surface area contributed by atoms with Gasteiger partial charge in [-0.25, -0.2) is 0 Å². The summed E-state index contributed by atoms with van der Waals surface area (Å²) in [4.78, 5) is 0. The lowest BCUT2D eigenvalue weighted by Gasteiger charge is -2.36. The highest BCUT2D eigenvalue weighted by Gasteiger charge is 2.28. The zero-order valence-corrected chi connectivity index (χ0v) is 9.11. The Balaban J connectivity index is 4.20. The second kappa shape index (κ2) is 4.24. The van der Waals surface area contributed by atoms with Crippen LogP contribution in [0.1, 0.15) is 47.5 Å². The fourth-order valence-corrected chi connectivity index (χ4v) is 0.997. The van der Waals surface area contributed by atoms with E-state index < -0.39 is 0 Å². The summed E-state index contributed by atoms with van der Waals surface area (Å²) in [5, 5.41) is 0. The summed E-state index contributed by atoms with van der Waals surface area (Å²) < 4.78 is 5.95. The minimum absolute atomic E-state index is 0.0515. The molecule has 1 atom stereocenters. The Morgan fingerprint density at radius 3 is 1.83 bits per heavy atom. The molecule has 0 fully saturated rings. The van der Waals surface area contributed by atoms with Crippen molar-refractivity contribution in [2.75, 3.05) is 6.54 Å². The van der Waals surface area contributed by atoms with Crippen LogP contribution in [0.25, 0.3) is 0 Å². The zero-order chi connectivity index (χ0) is 9.83. The number of rotatable bonds is 5. The van der Waals surface area contributed by atoms with Crippen molar-refractivity contribution in [3.63, 3.8) is 0 Å². The van der Waals surface area contributed by atoms with Crippen molar-refractivity contribution in [2.45, 2.75) is 58.7 Å². The summed E-state index contributed by atoms with van der Waals surface area (Å²) in [5.74, 6) is 0. The predicted molar refractivity (Wildman–Crippen MR) is 53.2 cm³/mol. The van der Waals surface area contributed by atoms with Gasteiger partial charge in [0, 0.05) is 6.54 Å². The van der Waals surface area contributed by atoms with Gasteiger partial charge in [0.05, 0.1) is 11.2 Å². The maximum absolute atomic E-state index is 5.95. The van der Waals surface area contributed by atoms with Crippen molar-refractivity contribution in [1.29, 1.82) is 0 Å². The third kappa shape index (κ3) is 3.55. The van der Waals surface area contributed by atoms with E-state index in [2.05, 4.69) is 34.6 Å². The van der Waals surface area contributed by atoms with Crippen molar-refractivity contribution in [1.82, 2.24) is 0 Å². The lowest BCUT2D eigenvalue weighted by molar-refractivity contribution is -0.129. The Morgan fingerprint density at radius 1 is 1.08 bits per heavy atom. The molecule has 0 spiro atoms. The summed E-state index contributed by atoms with van der Waals surface area (Å²) >= 11 is 0. The van der Waals surface area contributed by atoms with Gasteiger partial charge in [0.25, 0.3) is 0 Å². The molecule has 0 radical (unpaired) electrons. The zero-order valence-electron chi connectivity index (χ0n) is 9.11. The molecular weight excluding hydrogens is 150 g/mol. The SMILES string of the molecule is CCC(C)(C)OC(C)(CC)CN. The molecule has 2 nitrogen and oxygen atoms in total. The Hall–Kier alpha value is -0.0800. The summed E-state index contributed by atoms with van der Waals surface area (Å²) in [7, 11) is 0. The molecule has 0 aliphatic heterocycles. The van der Waals surface area contributed by atoms with Crippen LogP contribution < -0.4 is 5.73 Å². The highest BCUT2D eigenvalue weighted by Crippen LogP contribution is 2.24.